The molecule has 25 heavy (non-hydrogen) atoms. The highest BCUT2D eigenvalue weighted by molar-refractivity contribution is 5.74. The molecular formula is C17H23N5O3. The normalized spacial score (nSPS) is 21.5. The van der Waals surface area contributed by atoms with E-state index in [1.54, 1.807) is 0 Å². The quantitative estimate of drug-likeness (QED) is 0.911. The Morgan fingerprint density at radius 3 is 2.60 bits per heavy atom. The number of ether oxygens (including phenoxy) is 1. The van der Waals surface area contributed by atoms with Crippen molar-refractivity contribution < 1.29 is 14.6 Å². The lowest BCUT2D eigenvalue weighted by molar-refractivity contribution is -0.0340. The SMILES string of the molecule is O=C(O)N1CCC(C(N2CCOCC2)n2nnc3ccccc32)CC1. The molecule has 2 aliphatic rings. The molecule has 0 radical (unpaired) electrons. The number of aromatic nitrogens is 3. The van der Waals surface area contributed by atoms with Crippen LogP contribution in [0.25, 0.3) is 11.0 Å². The Morgan fingerprint density at radius 1 is 1.16 bits per heavy atom. The third kappa shape index (κ3) is 3.19. The number of hydrogen-bond acceptors (Lipinski definition) is 5. The molecule has 3 heterocycles. The summed E-state index contributed by atoms with van der Waals surface area (Å²) in [6.07, 6.45) is 0.935. The van der Waals surface area contributed by atoms with Crippen LogP contribution in [0.15, 0.2) is 24.3 Å². The van der Waals surface area contributed by atoms with E-state index in [1.807, 2.05) is 22.9 Å². The van der Waals surface area contributed by atoms with Crippen LogP contribution in [-0.4, -0.2) is 75.4 Å². The molecule has 1 amide bonds. The number of rotatable bonds is 3. The fraction of sp³-hybridized carbons (Fsp3) is 0.588. The highest BCUT2D eigenvalue weighted by Crippen LogP contribution is 2.33. The molecule has 1 aromatic carbocycles. The molecule has 8 nitrogen and oxygen atoms in total. The van der Waals surface area contributed by atoms with E-state index in [2.05, 4.69) is 21.3 Å². The van der Waals surface area contributed by atoms with Gasteiger partial charge in [-0.25, -0.2) is 9.48 Å². The highest BCUT2D eigenvalue weighted by atomic mass is 16.5. The molecule has 1 unspecified atom stereocenters. The zero-order valence-electron chi connectivity index (χ0n) is 14.1. The Balaban J connectivity index is 1.64. The first-order chi connectivity index (χ1) is 12.2. The van der Waals surface area contributed by atoms with Crippen molar-refractivity contribution in [1.82, 2.24) is 24.8 Å². The van der Waals surface area contributed by atoms with Gasteiger partial charge in [0.25, 0.3) is 0 Å². The first-order valence-corrected chi connectivity index (χ1v) is 8.83. The average Bonchev–Trinajstić information content (AvgIpc) is 3.07. The van der Waals surface area contributed by atoms with Gasteiger partial charge < -0.3 is 14.7 Å². The van der Waals surface area contributed by atoms with Crippen LogP contribution >= 0.6 is 0 Å². The van der Waals surface area contributed by atoms with Gasteiger partial charge >= 0.3 is 6.09 Å². The van der Waals surface area contributed by atoms with Gasteiger partial charge in [0.15, 0.2) is 0 Å². The van der Waals surface area contributed by atoms with Gasteiger partial charge in [0.1, 0.15) is 11.7 Å². The number of amides is 1. The number of para-hydroxylation sites is 1. The van der Waals surface area contributed by atoms with Crippen molar-refractivity contribution >= 4 is 17.1 Å². The van der Waals surface area contributed by atoms with Gasteiger partial charge in [-0.3, -0.25) is 4.90 Å². The van der Waals surface area contributed by atoms with Crippen LogP contribution in [0.5, 0.6) is 0 Å². The maximum absolute atomic E-state index is 11.2. The molecule has 4 rings (SSSR count). The summed E-state index contributed by atoms with van der Waals surface area (Å²) in [6.45, 7) is 4.31. The lowest BCUT2D eigenvalue weighted by Crippen LogP contribution is -2.48. The third-order valence-corrected chi connectivity index (χ3v) is 5.28. The Bertz CT molecular complexity index is 735. The Morgan fingerprint density at radius 2 is 1.88 bits per heavy atom. The predicted octanol–water partition coefficient (Wildman–Crippen LogP) is 1.65. The fourth-order valence-electron chi connectivity index (χ4n) is 3.97. The van der Waals surface area contributed by atoms with Gasteiger partial charge in [-0.05, 0) is 30.9 Å². The van der Waals surface area contributed by atoms with E-state index >= 15 is 0 Å². The number of hydrogen-bond donors (Lipinski definition) is 1. The molecule has 2 aliphatic heterocycles. The van der Waals surface area contributed by atoms with Crippen LogP contribution in [0.4, 0.5) is 4.79 Å². The molecule has 1 N–H and O–H groups in total. The third-order valence-electron chi connectivity index (χ3n) is 5.28. The predicted molar refractivity (Wildman–Crippen MR) is 91.3 cm³/mol. The summed E-state index contributed by atoms with van der Waals surface area (Å²) >= 11 is 0. The highest BCUT2D eigenvalue weighted by Gasteiger charge is 2.35. The number of morpholine rings is 1. The minimum absolute atomic E-state index is 0.0900. The van der Waals surface area contributed by atoms with Crippen molar-refractivity contribution in [3.8, 4) is 0 Å². The monoisotopic (exact) mass is 345 g/mol. The molecule has 0 saturated carbocycles. The van der Waals surface area contributed by atoms with E-state index in [-0.39, 0.29) is 6.17 Å². The van der Waals surface area contributed by atoms with Crippen LogP contribution in [0.2, 0.25) is 0 Å². The van der Waals surface area contributed by atoms with E-state index in [9.17, 15) is 9.90 Å². The number of likely N-dealkylation sites (tertiary alicyclic amines) is 1. The van der Waals surface area contributed by atoms with Crippen molar-refractivity contribution in [1.29, 1.82) is 0 Å². The molecule has 0 aliphatic carbocycles. The maximum Gasteiger partial charge on any atom is 0.407 e. The Hall–Kier alpha value is -2.19. The van der Waals surface area contributed by atoms with Gasteiger partial charge in [-0.15, -0.1) is 5.10 Å². The van der Waals surface area contributed by atoms with Crippen LogP contribution in [0.1, 0.15) is 19.0 Å². The first kappa shape index (κ1) is 16.3. The Kier molecular flexibility index (Phi) is 4.54. The van der Waals surface area contributed by atoms with Gasteiger partial charge in [0.05, 0.1) is 18.7 Å². The minimum Gasteiger partial charge on any atom is -0.465 e. The number of fused-ring (bicyclic) bond motifs is 1. The molecule has 1 aromatic heterocycles. The zero-order chi connectivity index (χ0) is 17.2. The van der Waals surface area contributed by atoms with E-state index in [0.29, 0.717) is 19.0 Å². The minimum atomic E-state index is -0.826. The number of carbonyl (C=O) groups is 1. The standard InChI is InChI=1S/C17H23N5O3/c23-17(24)21-7-5-13(6-8-21)16(20-9-11-25-12-10-20)22-15-4-2-1-3-14(15)18-19-22/h1-4,13,16H,5-12H2,(H,23,24). The molecule has 0 spiro atoms. The van der Waals surface area contributed by atoms with Gasteiger partial charge in [-0.1, -0.05) is 17.3 Å². The van der Waals surface area contributed by atoms with Crippen molar-refractivity contribution in [3.63, 3.8) is 0 Å². The zero-order valence-corrected chi connectivity index (χ0v) is 14.1. The van der Waals surface area contributed by atoms with Gasteiger partial charge in [-0.2, -0.15) is 0 Å². The van der Waals surface area contributed by atoms with Crippen molar-refractivity contribution in [3.05, 3.63) is 24.3 Å². The fourth-order valence-corrected chi connectivity index (χ4v) is 3.97. The summed E-state index contributed by atoms with van der Waals surface area (Å²) in [6, 6.07) is 8.00. The number of benzene rings is 1. The van der Waals surface area contributed by atoms with Crippen molar-refractivity contribution in [2.75, 3.05) is 39.4 Å². The molecule has 1 atom stereocenters. The molecule has 2 fully saturated rings. The summed E-state index contributed by atoms with van der Waals surface area (Å²) in [4.78, 5) is 15.1. The lowest BCUT2D eigenvalue weighted by Gasteiger charge is -2.41. The molecule has 134 valence electrons. The summed E-state index contributed by atoms with van der Waals surface area (Å²) in [5.74, 6) is 0.346. The van der Waals surface area contributed by atoms with Crippen LogP contribution < -0.4 is 0 Å². The number of carboxylic acid groups (broad SMARTS) is 1. The largest absolute Gasteiger partial charge is 0.465 e. The Labute approximate surface area is 146 Å². The molecule has 2 saturated heterocycles. The summed E-state index contributed by atoms with van der Waals surface area (Å²) in [5.41, 5.74) is 1.92. The van der Waals surface area contributed by atoms with E-state index in [4.69, 9.17) is 4.74 Å². The van der Waals surface area contributed by atoms with Crippen LogP contribution in [0, 0.1) is 5.92 Å². The van der Waals surface area contributed by atoms with Crippen LogP contribution in [-0.2, 0) is 4.74 Å². The topological polar surface area (TPSA) is 83.7 Å². The smallest absolute Gasteiger partial charge is 0.407 e. The van der Waals surface area contributed by atoms with Crippen molar-refractivity contribution in [2.24, 2.45) is 5.92 Å². The van der Waals surface area contributed by atoms with E-state index in [1.165, 1.54) is 4.90 Å². The van der Waals surface area contributed by atoms with Crippen LogP contribution in [0.3, 0.4) is 0 Å². The second-order valence-electron chi connectivity index (χ2n) is 6.69. The number of piperidine rings is 1. The summed E-state index contributed by atoms with van der Waals surface area (Å²) in [5, 5.41) is 18.0. The molecule has 8 heteroatoms. The first-order valence-electron chi connectivity index (χ1n) is 8.83. The molecular weight excluding hydrogens is 322 g/mol. The summed E-state index contributed by atoms with van der Waals surface area (Å²) in [7, 11) is 0. The second-order valence-corrected chi connectivity index (χ2v) is 6.69. The molecule has 0 bridgehead atoms. The lowest BCUT2D eigenvalue weighted by atomic mass is 9.92. The van der Waals surface area contributed by atoms with E-state index in [0.717, 1.165) is 50.2 Å². The summed E-state index contributed by atoms with van der Waals surface area (Å²) < 4.78 is 7.55. The number of nitrogens with zero attached hydrogens (tertiary/aromatic N) is 5. The second kappa shape index (κ2) is 6.97. The van der Waals surface area contributed by atoms with E-state index < -0.39 is 6.09 Å². The molecule has 2 aromatic rings. The average molecular weight is 345 g/mol. The van der Waals surface area contributed by atoms with Crippen molar-refractivity contribution in [2.45, 2.75) is 19.0 Å². The van der Waals surface area contributed by atoms with Gasteiger partial charge in [0, 0.05) is 26.2 Å². The maximum atomic E-state index is 11.2. The van der Waals surface area contributed by atoms with Gasteiger partial charge in [0.2, 0.25) is 0 Å².